The van der Waals surface area contributed by atoms with E-state index in [-0.39, 0.29) is 22.5 Å². The maximum absolute atomic E-state index is 12.4. The van der Waals surface area contributed by atoms with Crippen molar-refractivity contribution in [3.05, 3.63) is 64.7 Å². The highest BCUT2D eigenvalue weighted by molar-refractivity contribution is 6.11. The minimum atomic E-state index is -1.32. The van der Waals surface area contributed by atoms with Crippen molar-refractivity contribution in [3.63, 3.8) is 0 Å². The monoisotopic (exact) mass is 299 g/mol. The highest BCUT2D eigenvalue weighted by Gasteiger charge is 2.20. The van der Waals surface area contributed by atoms with Gasteiger partial charge in [-0.3, -0.25) is 4.79 Å². The molecule has 0 aliphatic heterocycles. The number of methoxy groups -OCH3 is 1. The number of carbonyl (C=O) groups excluding carboxylic acids is 2. The van der Waals surface area contributed by atoms with Gasteiger partial charge in [-0.05, 0) is 24.3 Å². The number of ether oxygens (including phenoxy) is 1. The minimum absolute atomic E-state index is 0.112. The lowest BCUT2D eigenvalue weighted by Crippen LogP contribution is -2.12. The van der Waals surface area contributed by atoms with E-state index in [1.165, 1.54) is 18.2 Å². The molecule has 0 saturated heterocycles. The normalized spacial score (nSPS) is 10.0. The maximum Gasteiger partial charge on any atom is 0.338 e. The number of aromatic carboxylic acids is 1. The molecule has 2 aromatic carbocycles. The molecule has 0 aliphatic rings. The van der Waals surface area contributed by atoms with Gasteiger partial charge in [0.15, 0.2) is 5.78 Å². The first-order valence-electron chi connectivity index (χ1n) is 6.30. The van der Waals surface area contributed by atoms with Crippen LogP contribution < -0.4 is 5.73 Å². The lowest BCUT2D eigenvalue weighted by molar-refractivity contribution is 0.0582. The highest BCUT2D eigenvalue weighted by atomic mass is 16.5. The molecule has 0 heterocycles. The molecule has 3 N–H and O–H groups in total. The van der Waals surface area contributed by atoms with E-state index in [4.69, 9.17) is 5.73 Å². The Hall–Kier alpha value is -3.15. The van der Waals surface area contributed by atoms with Crippen molar-refractivity contribution in [3.8, 4) is 0 Å². The molecule has 0 atom stereocenters. The van der Waals surface area contributed by atoms with Gasteiger partial charge in [0.2, 0.25) is 0 Å². The second kappa shape index (κ2) is 6.09. The summed E-state index contributed by atoms with van der Waals surface area (Å²) in [6, 6.07) is 10.1. The van der Waals surface area contributed by atoms with Gasteiger partial charge in [0.25, 0.3) is 0 Å². The quantitative estimate of drug-likeness (QED) is 0.508. The Morgan fingerprint density at radius 3 is 2.27 bits per heavy atom. The van der Waals surface area contributed by atoms with E-state index in [0.29, 0.717) is 11.3 Å². The van der Waals surface area contributed by atoms with Crippen LogP contribution in [0.2, 0.25) is 0 Å². The van der Waals surface area contributed by atoms with Gasteiger partial charge in [0, 0.05) is 16.8 Å². The highest BCUT2D eigenvalue weighted by Crippen LogP contribution is 2.18. The third kappa shape index (κ3) is 2.95. The predicted molar refractivity (Wildman–Crippen MR) is 79.0 cm³/mol. The zero-order chi connectivity index (χ0) is 16.3. The number of rotatable bonds is 4. The number of carboxylic acid groups (broad SMARTS) is 1. The number of carbonyl (C=O) groups is 3. The Bertz CT molecular complexity index is 767. The number of esters is 1. The van der Waals surface area contributed by atoms with Gasteiger partial charge in [0.1, 0.15) is 0 Å². The van der Waals surface area contributed by atoms with Crippen LogP contribution in [0.4, 0.5) is 5.69 Å². The van der Waals surface area contributed by atoms with E-state index >= 15 is 0 Å². The van der Waals surface area contributed by atoms with Gasteiger partial charge in [-0.2, -0.15) is 0 Å². The van der Waals surface area contributed by atoms with Gasteiger partial charge in [0.05, 0.1) is 18.2 Å². The summed E-state index contributed by atoms with van der Waals surface area (Å²) in [5.74, 6) is -2.48. The number of anilines is 1. The number of nitrogen functional groups attached to an aromatic ring is 1. The molecule has 2 aromatic rings. The smallest absolute Gasteiger partial charge is 0.338 e. The molecule has 6 nitrogen and oxygen atoms in total. The summed E-state index contributed by atoms with van der Waals surface area (Å²) in [6.45, 7) is 0. The van der Waals surface area contributed by atoms with Crippen LogP contribution in [0, 0.1) is 0 Å². The lowest BCUT2D eigenvalue weighted by Gasteiger charge is -2.07. The summed E-state index contributed by atoms with van der Waals surface area (Å²) in [7, 11) is 1.15. The Morgan fingerprint density at radius 1 is 1.00 bits per heavy atom. The predicted octanol–water partition coefficient (Wildman–Crippen LogP) is 1.98. The molecule has 0 amide bonds. The van der Waals surface area contributed by atoms with Crippen molar-refractivity contribution in [2.45, 2.75) is 0 Å². The Kier molecular flexibility index (Phi) is 4.22. The number of nitrogens with two attached hydrogens (primary N) is 1. The molecule has 0 spiro atoms. The molecular formula is C16H13NO5. The fourth-order valence-corrected chi connectivity index (χ4v) is 2.00. The molecule has 0 aliphatic carbocycles. The minimum Gasteiger partial charge on any atom is -0.478 e. The zero-order valence-corrected chi connectivity index (χ0v) is 11.7. The summed E-state index contributed by atoms with van der Waals surface area (Å²) >= 11 is 0. The summed E-state index contributed by atoms with van der Waals surface area (Å²) in [4.78, 5) is 35.2. The second-order valence-electron chi connectivity index (χ2n) is 4.51. The summed E-state index contributed by atoms with van der Waals surface area (Å²) in [6.07, 6.45) is 0. The standard InChI is InChI=1S/C16H13NO5/c1-22-16(21)12-6-5-10(8-13(12)15(19)20)14(18)9-3-2-4-11(17)7-9/h2-8H,17H2,1H3,(H,19,20). The molecule has 0 bridgehead atoms. The number of ketones is 1. The molecule has 22 heavy (non-hydrogen) atoms. The van der Waals surface area contributed by atoms with E-state index in [1.54, 1.807) is 18.2 Å². The van der Waals surface area contributed by atoms with Gasteiger partial charge >= 0.3 is 11.9 Å². The molecule has 6 heteroatoms. The maximum atomic E-state index is 12.4. The third-order valence-electron chi connectivity index (χ3n) is 3.07. The van der Waals surface area contributed by atoms with Gasteiger partial charge < -0.3 is 15.6 Å². The van der Waals surface area contributed by atoms with Crippen LogP contribution in [0.1, 0.15) is 36.6 Å². The second-order valence-corrected chi connectivity index (χ2v) is 4.51. The van der Waals surface area contributed by atoms with Crippen LogP contribution >= 0.6 is 0 Å². The fourth-order valence-electron chi connectivity index (χ4n) is 2.00. The molecule has 2 rings (SSSR count). The van der Waals surface area contributed by atoms with E-state index in [0.717, 1.165) is 13.2 Å². The Balaban J connectivity index is 2.49. The third-order valence-corrected chi connectivity index (χ3v) is 3.07. The SMILES string of the molecule is COC(=O)c1ccc(C(=O)c2cccc(N)c2)cc1C(=O)O. The molecular weight excluding hydrogens is 286 g/mol. The van der Waals surface area contributed by atoms with Crippen molar-refractivity contribution in [2.24, 2.45) is 0 Å². The van der Waals surface area contributed by atoms with Gasteiger partial charge in [-0.15, -0.1) is 0 Å². The average molecular weight is 299 g/mol. The van der Waals surface area contributed by atoms with Crippen molar-refractivity contribution in [1.29, 1.82) is 0 Å². The number of hydrogen-bond donors (Lipinski definition) is 2. The van der Waals surface area contributed by atoms with Crippen LogP contribution in [0.5, 0.6) is 0 Å². The zero-order valence-electron chi connectivity index (χ0n) is 11.7. The Morgan fingerprint density at radius 2 is 1.68 bits per heavy atom. The van der Waals surface area contributed by atoms with Crippen molar-refractivity contribution in [2.75, 3.05) is 12.8 Å². The number of hydrogen-bond acceptors (Lipinski definition) is 5. The fraction of sp³-hybridized carbons (Fsp3) is 0.0625. The van der Waals surface area contributed by atoms with Crippen molar-refractivity contribution < 1.29 is 24.2 Å². The first-order valence-corrected chi connectivity index (χ1v) is 6.30. The van der Waals surface area contributed by atoms with Crippen LogP contribution in [0.15, 0.2) is 42.5 Å². The number of benzene rings is 2. The number of carboxylic acids is 1. The van der Waals surface area contributed by atoms with Crippen LogP contribution in [-0.4, -0.2) is 29.9 Å². The van der Waals surface area contributed by atoms with E-state index < -0.39 is 11.9 Å². The average Bonchev–Trinajstić information content (AvgIpc) is 2.52. The molecule has 112 valence electrons. The van der Waals surface area contributed by atoms with E-state index in [1.807, 2.05) is 0 Å². The largest absolute Gasteiger partial charge is 0.478 e. The molecule has 0 aromatic heterocycles. The van der Waals surface area contributed by atoms with Crippen LogP contribution in [0.25, 0.3) is 0 Å². The van der Waals surface area contributed by atoms with Crippen molar-refractivity contribution >= 4 is 23.4 Å². The first kappa shape index (κ1) is 15.2. The summed E-state index contributed by atoms with van der Waals surface area (Å²) in [5.41, 5.74) is 6.14. The first-order chi connectivity index (χ1) is 10.4. The molecule has 0 saturated carbocycles. The molecule has 0 fully saturated rings. The Labute approximate surface area is 126 Å². The topological polar surface area (TPSA) is 107 Å². The van der Waals surface area contributed by atoms with E-state index in [9.17, 15) is 19.5 Å². The lowest BCUT2D eigenvalue weighted by atomic mass is 9.98. The molecule has 0 radical (unpaired) electrons. The molecule has 0 unspecified atom stereocenters. The van der Waals surface area contributed by atoms with Crippen LogP contribution in [-0.2, 0) is 4.74 Å². The van der Waals surface area contributed by atoms with Gasteiger partial charge in [-0.25, -0.2) is 9.59 Å². The van der Waals surface area contributed by atoms with Crippen LogP contribution in [0.3, 0.4) is 0 Å². The summed E-state index contributed by atoms with van der Waals surface area (Å²) in [5, 5.41) is 9.19. The van der Waals surface area contributed by atoms with Gasteiger partial charge in [-0.1, -0.05) is 18.2 Å². The van der Waals surface area contributed by atoms with Crippen molar-refractivity contribution in [1.82, 2.24) is 0 Å². The summed E-state index contributed by atoms with van der Waals surface area (Å²) < 4.78 is 4.52. The van der Waals surface area contributed by atoms with E-state index in [2.05, 4.69) is 4.74 Å².